The Kier molecular flexibility index (Phi) is 4.17. The van der Waals surface area contributed by atoms with Crippen molar-refractivity contribution in [2.75, 3.05) is 0 Å². The van der Waals surface area contributed by atoms with Gasteiger partial charge in [0.2, 0.25) is 5.69 Å². The van der Waals surface area contributed by atoms with Crippen molar-refractivity contribution in [1.82, 2.24) is 0 Å². The third kappa shape index (κ3) is 2.80. The van der Waals surface area contributed by atoms with Crippen LogP contribution >= 0.6 is 0 Å². The van der Waals surface area contributed by atoms with E-state index in [0.717, 1.165) is 55.3 Å². The van der Waals surface area contributed by atoms with Crippen molar-refractivity contribution < 1.29 is 13.7 Å². The maximum atomic E-state index is 9.45. The fourth-order valence-corrected chi connectivity index (χ4v) is 5.47. The molecule has 5 aromatic rings. The van der Waals surface area contributed by atoms with Gasteiger partial charge in [-0.1, -0.05) is 18.2 Å². The molecular formula is C30H27N2O2+. The minimum Gasteiger partial charge on any atom is -0.456 e. The van der Waals surface area contributed by atoms with Crippen LogP contribution in [-0.2, 0) is 13.5 Å². The van der Waals surface area contributed by atoms with E-state index in [9.17, 15) is 5.26 Å². The molecule has 3 heterocycles. The topological polar surface area (TPSA) is 50.0 Å². The molecule has 6 rings (SSSR count). The van der Waals surface area contributed by atoms with E-state index in [2.05, 4.69) is 75.0 Å². The maximum Gasteiger partial charge on any atom is 0.228 e. The molecule has 0 fully saturated rings. The summed E-state index contributed by atoms with van der Waals surface area (Å²) >= 11 is 0. The Morgan fingerprint density at radius 1 is 0.941 bits per heavy atom. The van der Waals surface area contributed by atoms with Crippen LogP contribution in [0.15, 0.2) is 47.0 Å². The van der Waals surface area contributed by atoms with Crippen molar-refractivity contribution in [2.45, 2.75) is 41.0 Å². The number of rotatable bonds is 2. The number of hydrogen-bond acceptors (Lipinski definition) is 3. The summed E-state index contributed by atoms with van der Waals surface area (Å²) in [6.07, 6.45) is 2.81. The summed E-state index contributed by atoms with van der Waals surface area (Å²) in [6.45, 7) is 10.4. The fraction of sp³-hybridized carbons (Fsp3) is 0.267. The summed E-state index contributed by atoms with van der Waals surface area (Å²) < 4.78 is 15.2. The average Bonchev–Trinajstić information content (AvgIpc) is 3.16. The van der Waals surface area contributed by atoms with Gasteiger partial charge < -0.3 is 9.15 Å². The van der Waals surface area contributed by atoms with Crippen molar-refractivity contribution in [1.29, 1.82) is 5.26 Å². The summed E-state index contributed by atoms with van der Waals surface area (Å²) in [5.41, 5.74) is 8.34. The minimum absolute atomic E-state index is 0.421. The van der Waals surface area contributed by atoms with E-state index in [0.29, 0.717) is 6.42 Å². The van der Waals surface area contributed by atoms with Gasteiger partial charge >= 0.3 is 0 Å². The van der Waals surface area contributed by atoms with Crippen molar-refractivity contribution in [3.63, 3.8) is 0 Å². The molecule has 0 amide bonds. The van der Waals surface area contributed by atoms with E-state index in [-0.39, 0.29) is 0 Å². The molecule has 0 bridgehead atoms. The van der Waals surface area contributed by atoms with Gasteiger partial charge in [-0.25, -0.2) is 4.57 Å². The first-order valence-corrected chi connectivity index (χ1v) is 11.7. The molecule has 4 heteroatoms. The molecule has 168 valence electrons. The first kappa shape index (κ1) is 20.7. The van der Waals surface area contributed by atoms with Crippen LogP contribution in [0.4, 0.5) is 0 Å². The SMILES string of the molecule is Cc1cc(C)c2c(c1C)-c1c3c(cc4oc5cc(CC(C)(C)C#N)ccc5c4c3cc[n+]1C)O2. The molecule has 0 spiro atoms. The molecule has 0 N–H and O–H groups in total. The number of pyridine rings is 1. The van der Waals surface area contributed by atoms with Gasteiger partial charge in [-0.15, -0.1) is 0 Å². The molecule has 0 saturated heterocycles. The Bertz CT molecular complexity index is 1730. The number of aromatic nitrogens is 1. The van der Waals surface area contributed by atoms with Crippen molar-refractivity contribution >= 4 is 32.7 Å². The van der Waals surface area contributed by atoms with Crippen molar-refractivity contribution in [2.24, 2.45) is 12.5 Å². The lowest BCUT2D eigenvalue weighted by atomic mass is 9.87. The van der Waals surface area contributed by atoms with Crippen LogP contribution in [0.2, 0.25) is 0 Å². The predicted octanol–water partition coefficient (Wildman–Crippen LogP) is 7.35. The van der Waals surface area contributed by atoms with Gasteiger partial charge in [-0.3, -0.25) is 0 Å². The Hall–Kier alpha value is -3.84. The molecule has 3 aromatic carbocycles. The summed E-state index contributed by atoms with van der Waals surface area (Å²) in [7, 11) is 2.10. The number of hydrogen-bond donors (Lipinski definition) is 0. The Balaban J connectivity index is 1.69. The molecule has 1 aliphatic heterocycles. The molecule has 0 radical (unpaired) electrons. The zero-order valence-corrected chi connectivity index (χ0v) is 20.5. The lowest BCUT2D eigenvalue weighted by Crippen LogP contribution is -2.32. The summed E-state index contributed by atoms with van der Waals surface area (Å²) in [5, 5.41) is 13.9. The van der Waals surface area contributed by atoms with Gasteiger partial charge in [0, 0.05) is 28.3 Å². The van der Waals surface area contributed by atoms with Crippen LogP contribution < -0.4 is 9.30 Å². The van der Waals surface area contributed by atoms with Crippen LogP contribution in [0.3, 0.4) is 0 Å². The maximum absolute atomic E-state index is 9.45. The second-order valence-electron chi connectivity index (χ2n) is 10.4. The highest BCUT2D eigenvalue weighted by molar-refractivity contribution is 6.22. The van der Waals surface area contributed by atoms with E-state index >= 15 is 0 Å². The number of ether oxygens (including phenoxy) is 1. The van der Waals surface area contributed by atoms with Gasteiger partial charge in [-0.2, -0.15) is 5.26 Å². The first-order chi connectivity index (χ1) is 16.2. The van der Waals surface area contributed by atoms with E-state index in [1.165, 1.54) is 22.4 Å². The quantitative estimate of drug-likeness (QED) is 0.261. The third-order valence-electron chi connectivity index (χ3n) is 7.27. The van der Waals surface area contributed by atoms with Crippen LogP contribution in [0, 0.1) is 37.5 Å². The highest BCUT2D eigenvalue weighted by atomic mass is 16.5. The Morgan fingerprint density at radius 2 is 1.74 bits per heavy atom. The normalized spacial score (nSPS) is 12.7. The van der Waals surface area contributed by atoms with Gasteiger partial charge in [-0.05, 0) is 69.4 Å². The number of furan rings is 1. The molecule has 0 saturated carbocycles. The van der Waals surface area contributed by atoms with Gasteiger partial charge in [0.25, 0.3) is 0 Å². The van der Waals surface area contributed by atoms with Crippen molar-refractivity contribution in [3.8, 4) is 28.8 Å². The van der Waals surface area contributed by atoms with E-state index in [1.807, 2.05) is 19.9 Å². The molecule has 1 aliphatic rings. The van der Waals surface area contributed by atoms with Crippen LogP contribution in [0.1, 0.15) is 36.1 Å². The average molecular weight is 448 g/mol. The zero-order chi connectivity index (χ0) is 23.9. The molecule has 34 heavy (non-hydrogen) atoms. The Labute approximate surface area is 199 Å². The molecule has 2 aromatic heterocycles. The number of benzene rings is 3. The van der Waals surface area contributed by atoms with Crippen LogP contribution in [-0.4, -0.2) is 0 Å². The lowest BCUT2D eigenvalue weighted by molar-refractivity contribution is -0.659. The van der Waals surface area contributed by atoms with Crippen molar-refractivity contribution in [3.05, 3.63) is 64.8 Å². The van der Waals surface area contributed by atoms with Crippen LogP contribution in [0.25, 0.3) is 44.0 Å². The number of nitrogens with zero attached hydrogens (tertiary/aromatic N) is 2. The minimum atomic E-state index is -0.421. The zero-order valence-electron chi connectivity index (χ0n) is 20.5. The predicted molar refractivity (Wildman–Crippen MR) is 135 cm³/mol. The van der Waals surface area contributed by atoms with Gasteiger partial charge in [0.15, 0.2) is 6.20 Å². The number of nitriles is 1. The number of fused-ring (bicyclic) bond motifs is 6. The molecular weight excluding hydrogens is 420 g/mol. The molecule has 0 aliphatic carbocycles. The fourth-order valence-electron chi connectivity index (χ4n) is 5.47. The molecule has 0 atom stereocenters. The monoisotopic (exact) mass is 447 g/mol. The summed E-state index contributed by atoms with van der Waals surface area (Å²) in [4.78, 5) is 0. The van der Waals surface area contributed by atoms with Gasteiger partial charge in [0.05, 0.1) is 22.4 Å². The molecule has 0 unspecified atom stereocenters. The Morgan fingerprint density at radius 3 is 2.50 bits per heavy atom. The standard InChI is InChI=1S/C30H27N2O2/c1-16-11-17(2)29-25(18(16)3)28-27-21(9-10-32(28)6)26-20-8-7-19(14-30(4,5)15-31)12-22(20)33-23(26)13-24(27)34-29/h7-13H,14H2,1-6H3/q+1. The van der Waals surface area contributed by atoms with E-state index in [1.54, 1.807) is 0 Å². The van der Waals surface area contributed by atoms with E-state index in [4.69, 9.17) is 9.15 Å². The number of aryl methyl sites for hydroxylation is 3. The lowest BCUT2D eigenvalue weighted by Gasteiger charge is -2.23. The largest absolute Gasteiger partial charge is 0.456 e. The van der Waals surface area contributed by atoms with E-state index < -0.39 is 5.41 Å². The highest BCUT2D eigenvalue weighted by Crippen LogP contribution is 2.51. The highest BCUT2D eigenvalue weighted by Gasteiger charge is 2.32. The second-order valence-corrected chi connectivity index (χ2v) is 10.4. The first-order valence-electron chi connectivity index (χ1n) is 11.7. The molecule has 4 nitrogen and oxygen atoms in total. The third-order valence-corrected chi connectivity index (χ3v) is 7.27. The smallest absolute Gasteiger partial charge is 0.228 e. The van der Waals surface area contributed by atoms with Gasteiger partial charge in [0.1, 0.15) is 29.7 Å². The second kappa shape index (κ2) is 6.84. The summed E-state index contributed by atoms with van der Waals surface area (Å²) in [5.74, 6) is 1.76. The van der Waals surface area contributed by atoms with Crippen LogP contribution in [0.5, 0.6) is 11.5 Å². The summed E-state index contributed by atoms with van der Waals surface area (Å²) in [6, 6.07) is 15.1.